The van der Waals surface area contributed by atoms with Crippen LogP contribution in [0.15, 0.2) is 34.9 Å². The van der Waals surface area contributed by atoms with E-state index in [-0.39, 0.29) is 5.91 Å². The third-order valence-electron chi connectivity index (χ3n) is 3.21. The largest absolute Gasteiger partial charge is 0.496 e. The number of carbonyl (C=O) groups excluding carboxylic acids is 1. The first-order chi connectivity index (χ1) is 9.13. The second kappa shape index (κ2) is 5.61. The van der Waals surface area contributed by atoms with E-state index < -0.39 is 0 Å². The number of carbonyl (C=O) groups is 1. The Morgan fingerprint density at radius 1 is 1.26 bits per heavy atom. The van der Waals surface area contributed by atoms with Gasteiger partial charge in [-0.25, -0.2) is 0 Å². The average molecular weight is 259 g/mol. The second-order valence-electron chi connectivity index (χ2n) is 4.33. The summed E-state index contributed by atoms with van der Waals surface area (Å²) in [7, 11) is 1.62. The van der Waals surface area contributed by atoms with Crippen molar-refractivity contribution in [2.75, 3.05) is 7.11 Å². The molecule has 0 fully saturated rings. The minimum atomic E-state index is -0.111. The molecule has 1 amide bonds. The van der Waals surface area contributed by atoms with Crippen LogP contribution in [-0.4, -0.2) is 13.0 Å². The van der Waals surface area contributed by atoms with Crippen LogP contribution >= 0.6 is 0 Å². The molecule has 2 aromatic rings. The van der Waals surface area contributed by atoms with E-state index >= 15 is 0 Å². The molecule has 0 saturated heterocycles. The molecule has 0 radical (unpaired) electrons. The van der Waals surface area contributed by atoms with Gasteiger partial charge in [-0.05, 0) is 49.2 Å². The number of hydrogen-bond acceptors (Lipinski definition) is 3. The Hall–Kier alpha value is -2.23. The maximum Gasteiger partial charge on any atom is 0.251 e. The van der Waals surface area contributed by atoms with E-state index in [1.165, 1.54) is 0 Å². The van der Waals surface area contributed by atoms with Crippen LogP contribution in [0.2, 0.25) is 0 Å². The Morgan fingerprint density at radius 3 is 2.68 bits per heavy atom. The van der Waals surface area contributed by atoms with Gasteiger partial charge in [0.1, 0.15) is 11.5 Å². The summed E-state index contributed by atoms with van der Waals surface area (Å²) < 4.78 is 10.4. The molecule has 2 rings (SSSR count). The molecule has 0 atom stereocenters. The van der Waals surface area contributed by atoms with E-state index in [1.54, 1.807) is 25.5 Å². The molecule has 100 valence electrons. The van der Waals surface area contributed by atoms with Gasteiger partial charge in [0.15, 0.2) is 0 Å². The smallest absolute Gasteiger partial charge is 0.251 e. The quantitative estimate of drug-likeness (QED) is 0.918. The highest BCUT2D eigenvalue weighted by molar-refractivity contribution is 5.96. The molecule has 1 heterocycles. The fourth-order valence-electron chi connectivity index (χ4n) is 1.94. The maximum atomic E-state index is 12.1. The van der Waals surface area contributed by atoms with Crippen LogP contribution in [0.3, 0.4) is 0 Å². The molecule has 0 saturated carbocycles. The van der Waals surface area contributed by atoms with Crippen molar-refractivity contribution in [3.05, 3.63) is 53.0 Å². The third kappa shape index (κ3) is 2.78. The predicted octanol–water partition coefficient (Wildman–Crippen LogP) is 2.84. The first kappa shape index (κ1) is 13.2. The fourth-order valence-corrected chi connectivity index (χ4v) is 1.94. The van der Waals surface area contributed by atoms with Gasteiger partial charge in [-0.2, -0.15) is 0 Å². The lowest BCUT2D eigenvalue weighted by atomic mass is 10.0. The molecule has 4 nitrogen and oxygen atoms in total. The lowest BCUT2D eigenvalue weighted by Gasteiger charge is -2.12. The van der Waals surface area contributed by atoms with E-state index in [0.29, 0.717) is 12.1 Å². The molecule has 1 aromatic heterocycles. The van der Waals surface area contributed by atoms with Gasteiger partial charge in [0, 0.05) is 5.56 Å². The summed E-state index contributed by atoms with van der Waals surface area (Å²) >= 11 is 0. The van der Waals surface area contributed by atoms with Crippen molar-refractivity contribution >= 4 is 5.91 Å². The lowest BCUT2D eigenvalue weighted by Crippen LogP contribution is -2.23. The molecular formula is C15H17NO3. The molecule has 1 aromatic carbocycles. The van der Waals surface area contributed by atoms with Crippen LogP contribution in [0.25, 0.3) is 0 Å². The zero-order valence-electron chi connectivity index (χ0n) is 11.3. The number of benzene rings is 1. The van der Waals surface area contributed by atoms with Crippen LogP contribution in [0.4, 0.5) is 0 Å². The van der Waals surface area contributed by atoms with Crippen molar-refractivity contribution in [3.8, 4) is 5.75 Å². The zero-order valence-corrected chi connectivity index (χ0v) is 11.3. The van der Waals surface area contributed by atoms with Crippen LogP contribution < -0.4 is 10.1 Å². The van der Waals surface area contributed by atoms with E-state index in [0.717, 1.165) is 22.6 Å². The summed E-state index contributed by atoms with van der Waals surface area (Å²) in [4.78, 5) is 12.1. The van der Waals surface area contributed by atoms with E-state index in [1.807, 2.05) is 26.0 Å². The lowest BCUT2D eigenvalue weighted by molar-refractivity contribution is 0.0947. The van der Waals surface area contributed by atoms with E-state index in [9.17, 15) is 4.79 Å². The van der Waals surface area contributed by atoms with Gasteiger partial charge in [-0.1, -0.05) is 0 Å². The third-order valence-corrected chi connectivity index (χ3v) is 3.21. The van der Waals surface area contributed by atoms with Gasteiger partial charge in [0.2, 0.25) is 0 Å². The average Bonchev–Trinajstić information content (AvgIpc) is 2.92. The summed E-state index contributed by atoms with van der Waals surface area (Å²) in [6.45, 7) is 4.24. The normalized spacial score (nSPS) is 10.3. The summed E-state index contributed by atoms with van der Waals surface area (Å²) in [5.74, 6) is 1.41. The molecule has 0 unspecified atom stereocenters. The number of hydrogen-bond donors (Lipinski definition) is 1. The summed E-state index contributed by atoms with van der Waals surface area (Å²) in [6, 6.07) is 7.21. The van der Waals surface area contributed by atoms with Crippen LogP contribution in [-0.2, 0) is 6.54 Å². The second-order valence-corrected chi connectivity index (χ2v) is 4.33. The van der Waals surface area contributed by atoms with Gasteiger partial charge in [0.05, 0.1) is 19.9 Å². The molecule has 0 spiro atoms. The summed E-state index contributed by atoms with van der Waals surface area (Å²) in [5.41, 5.74) is 2.56. The van der Waals surface area contributed by atoms with Crippen molar-refractivity contribution in [2.45, 2.75) is 20.4 Å². The van der Waals surface area contributed by atoms with Crippen molar-refractivity contribution < 1.29 is 13.9 Å². The molecule has 0 aliphatic heterocycles. The van der Waals surface area contributed by atoms with Gasteiger partial charge in [0.25, 0.3) is 5.91 Å². The van der Waals surface area contributed by atoms with Gasteiger partial charge in [-0.3, -0.25) is 4.79 Å². The highest BCUT2D eigenvalue weighted by Crippen LogP contribution is 2.23. The molecule has 19 heavy (non-hydrogen) atoms. The Balaban J connectivity index is 2.13. The standard InChI is InChI=1S/C15H17NO3/c1-10-11(2)14(18-3)7-6-13(10)15(17)16-9-12-5-4-8-19-12/h4-8H,9H2,1-3H3,(H,16,17). The summed E-state index contributed by atoms with van der Waals surface area (Å²) in [5, 5.41) is 2.83. The number of nitrogens with one attached hydrogen (secondary N) is 1. The van der Waals surface area contributed by atoms with Gasteiger partial charge >= 0.3 is 0 Å². The van der Waals surface area contributed by atoms with Crippen molar-refractivity contribution in [1.29, 1.82) is 0 Å². The molecule has 4 heteroatoms. The first-order valence-corrected chi connectivity index (χ1v) is 6.08. The Morgan fingerprint density at radius 2 is 2.05 bits per heavy atom. The minimum absolute atomic E-state index is 0.111. The van der Waals surface area contributed by atoms with Crippen LogP contribution in [0.5, 0.6) is 5.75 Å². The molecule has 0 aliphatic rings. The van der Waals surface area contributed by atoms with Gasteiger partial charge in [-0.15, -0.1) is 0 Å². The number of ether oxygens (including phenoxy) is 1. The maximum absolute atomic E-state index is 12.1. The highest BCUT2D eigenvalue weighted by Gasteiger charge is 2.13. The van der Waals surface area contributed by atoms with Crippen molar-refractivity contribution in [3.63, 3.8) is 0 Å². The Bertz CT molecular complexity index is 573. The van der Waals surface area contributed by atoms with Crippen LogP contribution in [0.1, 0.15) is 27.2 Å². The Labute approximate surface area is 112 Å². The topological polar surface area (TPSA) is 51.5 Å². The summed E-state index contributed by atoms with van der Waals surface area (Å²) in [6.07, 6.45) is 1.59. The fraction of sp³-hybridized carbons (Fsp3) is 0.267. The predicted molar refractivity (Wildman–Crippen MR) is 72.3 cm³/mol. The van der Waals surface area contributed by atoms with E-state index in [4.69, 9.17) is 9.15 Å². The SMILES string of the molecule is COc1ccc(C(=O)NCc2ccco2)c(C)c1C. The Kier molecular flexibility index (Phi) is 3.90. The number of methoxy groups -OCH3 is 1. The molecule has 1 N–H and O–H groups in total. The van der Waals surface area contributed by atoms with Crippen molar-refractivity contribution in [2.24, 2.45) is 0 Å². The first-order valence-electron chi connectivity index (χ1n) is 6.08. The van der Waals surface area contributed by atoms with Gasteiger partial charge < -0.3 is 14.5 Å². The molecule has 0 aliphatic carbocycles. The minimum Gasteiger partial charge on any atom is -0.496 e. The van der Waals surface area contributed by atoms with Crippen molar-refractivity contribution in [1.82, 2.24) is 5.32 Å². The zero-order chi connectivity index (χ0) is 13.8. The van der Waals surface area contributed by atoms with E-state index in [2.05, 4.69) is 5.32 Å². The number of furan rings is 1. The molecular weight excluding hydrogens is 242 g/mol. The van der Waals surface area contributed by atoms with Crippen LogP contribution in [0, 0.1) is 13.8 Å². The molecule has 0 bridgehead atoms. The number of rotatable bonds is 4. The number of amides is 1. The monoisotopic (exact) mass is 259 g/mol. The highest BCUT2D eigenvalue weighted by atomic mass is 16.5.